The van der Waals surface area contributed by atoms with Gasteiger partial charge in [-0.15, -0.1) is 0 Å². The molecule has 1 saturated heterocycles. The predicted octanol–water partition coefficient (Wildman–Crippen LogP) is 3.00. The lowest BCUT2D eigenvalue weighted by Gasteiger charge is -2.24. The molecule has 1 aromatic carbocycles. The average molecular weight is 326 g/mol. The second kappa shape index (κ2) is 7.77. The molecule has 3 rings (SSSR count). The van der Waals surface area contributed by atoms with Crippen molar-refractivity contribution in [3.05, 3.63) is 53.9 Å². The summed E-state index contributed by atoms with van der Waals surface area (Å²) in [5.41, 5.74) is 2.01. The van der Waals surface area contributed by atoms with Gasteiger partial charge in [0.25, 0.3) is 0 Å². The van der Waals surface area contributed by atoms with E-state index in [9.17, 15) is 4.79 Å². The molecule has 0 aliphatic carbocycles. The molecule has 1 aromatic heterocycles. The molecule has 0 spiro atoms. The third-order valence-electron chi connectivity index (χ3n) is 4.09. The van der Waals surface area contributed by atoms with Crippen molar-refractivity contribution in [2.45, 2.75) is 32.4 Å². The predicted molar refractivity (Wildman–Crippen MR) is 91.6 cm³/mol. The van der Waals surface area contributed by atoms with Gasteiger partial charge in [-0.3, -0.25) is 0 Å². The van der Waals surface area contributed by atoms with E-state index in [-0.39, 0.29) is 12.1 Å². The first-order valence-corrected chi connectivity index (χ1v) is 8.22. The van der Waals surface area contributed by atoms with Crippen molar-refractivity contribution < 1.29 is 9.53 Å². The number of ether oxygens (including phenoxy) is 1. The number of hydrogen-bond donors (Lipinski definition) is 1. The zero-order valence-corrected chi connectivity index (χ0v) is 13.8. The van der Waals surface area contributed by atoms with Crippen LogP contribution in [0.5, 0.6) is 0 Å². The highest BCUT2D eigenvalue weighted by atomic mass is 16.6. The molecule has 0 radical (unpaired) electrons. The van der Waals surface area contributed by atoms with Gasteiger partial charge in [-0.25, -0.2) is 14.8 Å². The minimum atomic E-state index is -0.257. The summed E-state index contributed by atoms with van der Waals surface area (Å²) in [5.74, 6) is 0.588. The Morgan fingerprint density at radius 2 is 2.04 bits per heavy atom. The van der Waals surface area contributed by atoms with E-state index in [2.05, 4.69) is 15.3 Å². The number of hydrogen-bond acceptors (Lipinski definition) is 5. The second-order valence-corrected chi connectivity index (χ2v) is 5.99. The molecule has 2 aromatic rings. The van der Waals surface area contributed by atoms with Gasteiger partial charge in [-0.2, -0.15) is 0 Å². The first-order chi connectivity index (χ1) is 11.7. The van der Waals surface area contributed by atoms with Crippen molar-refractivity contribution in [3.63, 3.8) is 0 Å². The normalized spacial score (nSPS) is 16.9. The molecule has 1 N–H and O–H groups in total. The fourth-order valence-corrected chi connectivity index (χ4v) is 2.78. The molecular formula is C18H22N4O2. The number of aryl methyl sites for hydroxylation is 1. The Hall–Kier alpha value is -2.63. The maximum Gasteiger partial charge on any atom is 0.410 e. The van der Waals surface area contributed by atoms with E-state index in [0.717, 1.165) is 30.5 Å². The number of carbonyl (C=O) groups is 1. The molecule has 24 heavy (non-hydrogen) atoms. The summed E-state index contributed by atoms with van der Waals surface area (Å²) in [6.45, 7) is 3.61. The molecule has 0 saturated carbocycles. The van der Waals surface area contributed by atoms with Crippen molar-refractivity contribution in [1.29, 1.82) is 0 Å². The average Bonchev–Trinajstić information content (AvgIpc) is 3.09. The van der Waals surface area contributed by atoms with Gasteiger partial charge in [0, 0.05) is 25.5 Å². The van der Waals surface area contributed by atoms with Crippen LogP contribution in [0, 0.1) is 6.92 Å². The second-order valence-electron chi connectivity index (χ2n) is 5.99. The monoisotopic (exact) mass is 326 g/mol. The van der Waals surface area contributed by atoms with E-state index in [1.165, 1.54) is 0 Å². The van der Waals surface area contributed by atoms with Crippen LogP contribution in [0.3, 0.4) is 0 Å². The fraction of sp³-hybridized carbons (Fsp3) is 0.389. The van der Waals surface area contributed by atoms with Crippen molar-refractivity contribution >= 4 is 12.0 Å². The quantitative estimate of drug-likeness (QED) is 0.915. The highest BCUT2D eigenvalue weighted by Gasteiger charge is 2.29. The molecule has 6 nitrogen and oxygen atoms in total. The van der Waals surface area contributed by atoms with Crippen LogP contribution in [0.2, 0.25) is 0 Å². The van der Waals surface area contributed by atoms with Gasteiger partial charge < -0.3 is 15.0 Å². The molecule has 0 bridgehead atoms. The lowest BCUT2D eigenvalue weighted by Crippen LogP contribution is -2.40. The Bertz CT molecular complexity index is 660. The molecule has 2 heterocycles. The van der Waals surface area contributed by atoms with E-state index >= 15 is 0 Å². The Kier molecular flexibility index (Phi) is 5.25. The molecule has 1 atom stereocenters. The summed E-state index contributed by atoms with van der Waals surface area (Å²) < 4.78 is 5.44. The van der Waals surface area contributed by atoms with Crippen LogP contribution >= 0.6 is 0 Å². The summed E-state index contributed by atoms with van der Waals surface area (Å²) >= 11 is 0. The van der Waals surface area contributed by atoms with E-state index < -0.39 is 0 Å². The lowest BCUT2D eigenvalue weighted by atomic mass is 10.2. The number of anilines is 1. The summed E-state index contributed by atoms with van der Waals surface area (Å²) in [7, 11) is 0. The van der Waals surface area contributed by atoms with Gasteiger partial charge in [0.2, 0.25) is 5.95 Å². The Morgan fingerprint density at radius 1 is 1.29 bits per heavy atom. The van der Waals surface area contributed by atoms with Crippen molar-refractivity contribution in [1.82, 2.24) is 14.9 Å². The zero-order chi connectivity index (χ0) is 16.8. The maximum atomic E-state index is 12.3. The number of aromatic nitrogens is 2. The van der Waals surface area contributed by atoms with E-state index in [1.54, 1.807) is 17.3 Å². The van der Waals surface area contributed by atoms with Gasteiger partial charge in [0.15, 0.2) is 0 Å². The zero-order valence-electron chi connectivity index (χ0n) is 13.8. The van der Waals surface area contributed by atoms with Gasteiger partial charge in [-0.05, 0) is 30.9 Å². The Balaban J connectivity index is 1.50. The van der Waals surface area contributed by atoms with E-state index in [0.29, 0.717) is 19.1 Å². The highest BCUT2D eigenvalue weighted by molar-refractivity contribution is 5.68. The summed E-state index contributed by atoms with van der Waals surface area (Å²) in [5, 5.41) is 3.20. The molecule has 1 aliphatic heterocycles. The number of amides is 1. The molecule has 6 heteroatoms. The number of nitrogens with zero attached hydrogens (tertiary/aromatic N) is 3. The van der Waals surface area contributed by atoms with Crippen LogP contribution in [-0.4, -0.2) is 40.1 Å². The van der Waals surface area contributed by atoms with Crippen molar-refractivity contribution in [2.75, 3.05) is 18.4 Å². The van der Waals surface area contributed by atoms with Crippen LogP contribution in [0.15, 0.2) is 42.7 Å². The van der Waals surface area contributed by atoms with Crippen LogP contribution in [0.1, 0.15) is 24.0 Å². The Labute approximate surface area is 141 Å². The standard InChI is InChI=1S/C18H22N4O2/c1-14-10-19-17(20-11-14)21-12-16-8-5-9-22(16)18(23)24-13-15-6-3-2-4-7-15/h2-4,6-7,10-11,16H,5,8-9,12-13H2,1H3,(H,19,20,21). The third kappa shape index (κ3) is 4.22. The SMILES string of the molecule is Cc1cnc(NCC2CCCN2C(=O)OCc2ccccc2)nc1. The Morgan fingerprint density at radius 3 is 2.79 bits per heavy atom. The first-order valence-electron chi connectivity index (χ1n) is 8.22. The van der Waals surface area contributed by atoms with E-state index in [4.69, 9.17) is 4.74 Å². The number of benzene rings is 1. The number of likely N-dealkylation sites (tertiary alicyclic amines) is 1. The van der Waals surface area contributed by atoms with Gasteiger partial charge in [0.05, 0.1) is 6.04 Å². The van der Waals surface area contributed by atoms with Crippen molar-refractivity contribution in [3.8, 4) is 0 Å². The summed E-state index contributed by atoms with van der Waals surface area (Å²) in [4.78, 5) is 22.6. The molecule has 1 unspecified atom stereocenters. The van der Waals surface area contributed by atoms with Gasteiger partial charge >= 0.3 is 6.09 Å². The van der Waals surface area contributed by atoms with E-state index in [1.807, 2.05) is 37.3 Å². The van der Waals surface area contributed by atoms with Gasteiger partial charge in [0.1, 0.15) is 6.61 Å². The molecular weight excluding hydrogens is 304 g/mol. The lowest BCUT2D eigenvalue weighted by molar-refractivity contribution is 0.0936. The van der Waals surface area contributed by atoms with Crippen LogP contribution in [-0.2, 0) is 11.3 Å². The third-order valence-corrected chi connectivity index (χ3v) is 4.09. The summed E-state index contributed by atoms with van der Waals surface area (Å²) in [6, 6.07) is 9.83. The highest BCUT2D eigenvalue weighted by Crippen LogP contribution is 2.19. The minimum absolute atomic E-state index is 0.109. The number of carbonyl (C=O) groups excluding carboxylic acids is 1. The van der Waals surface area contributed by atoms with Crippen LogP contribution in [0.4, 0.5) is 10.7 Å². The van der Waals surface area contributed by atoms with Gasteiger partial charge in [-0.1, -0.05) is 30.3 Å². The minimum Gasteiger partial charge on any atom is -0.445 e. The van der Waals surface area contributed by atoms with Crippen LogP contribution < -0.4 is 5.32 Å². The molecule has 126 valence electrons. The molecule has 1 aliphatic rings. The largest absolute Gasteiger partial charge is 0.445 e. The smallest absolute Gasteiger partial charge is 0.410 e. The topological polar surface area (TPSA) is 67.4 Å². The number of nitrogens with one attached hydrogen (secondary N) is 1. The molecule has 1 fully saturated rings. The van der Waals surface area contributed by atoms with Crippen LogP contribution in [0.25, 0.3) is 0 Å². The molecule has 1 amide bonds. The summed E-state index contributed by atoms with van der Waals surface area (Å²) in [6.07, 6.45) is 5.24. The number of rotatable bonds is 5. The van der Waals surface area contributed by atoms with Crippen molar-refractivity contribution in [2.24, 2.45) is 0 Å². The fourth-order valence-electron chi connectivity index (χ4n) is 2.78. The first kappa shape index (κ1) is 16.2. The maximum absolute atomic E-state index is 12.3.